The molecule has 0 unspecified atom stereocenters. The third kappa shape index (κ3) is 2.59. The maximum Gasteiger partial charge on any atom is 0.125 e. The van der Waals surface area contributed by atoms with Gasteiger partial charge in [0, 0.05) is 29.0 Å². The first-order valence-electron chi connectivity index (χ1n) is 6.40. The number of hydrogen-bond donors (Lipinski definition) is 1. The lowest BCUT2D eigenvalue weighted by molar-refractivity contribution is 0.984. The zero-order valence-electron chi connectivity index (χ0n) is 10.9. The van der Waals surface area contributed by atoms with Crippen LogP contribution in [0.25, 0.3) is 22.0 Å². The number of thiazole rings is 1. The largest absolute Gasteiger partial charge is 0.330 e. The van der Waals surface area contributed by atoms with Crippen LogP contribution in [0.15, 0.2) is 48.9 Å². The van der Waals surface area contributed by atoms with Crippen LogP contribution in [0.4, 0.5) is 0 Å². The van der Waals surface area contributed by atoms with E-state index in [4.69, 9.17) is 10.7 Å². The normalized spacial score (nSPS) is 10.7. The second-order valence-electron chi connectivity index (χ2n) is 4.29. The predicted molar refractivity (Wildman–Crippen MR) is 81.3 cm³/mol. The number of nitrogens with two attached hydrogens (primary N) is 1. The van der Waals surface area contributed by atoms with E-state index in [-0.39, 0.29) is 0 Å². The molecule has 0 bridgehead atoms. The molecule has 0 saturated heterocycles. The van der Waals surface area contributed by atoms with Crippen LogP contribution in [0.3, 0.4) is 0 Å². The minimum absolute atomic E-state index is 0.606. The van der Waals surface area contributed by atoms with Crippen molar-refractivity contribution in [2.45, 2.75) is 6.42 Å². The lowest BCUT2D eigenvalue weighted by Gasteiger charge is -1.99. The highest BCUT2D eigenvalue weighted by Crippen LogP contribution is 2.32. The predicted octanol–water partition coefficient (Wildman–Crippen LogP) is 2.77. The first-order valence-corrected chi connectivity index (χ1v) is 7.21. The van der Waals surface area contributed by atoms with Crippen molar-refractivity contribution < 1.29 is 0 Å². The van der Waals surface area contributed by atoms with E-state index in [9.17, 15) is 0 Å². The van der Waals surface area contributed by atoms with Crippen LogP contribution in [-0.2, 0) is 6.42 Å². The summed E-state index contributed by atoms with van der Waals surface area (Å²) in [5.41, 5.74) is 8.55. The van der Waals surface area contributed by atoms with Gasteiger partial charge in [-0.1, -0.05) is 6.07 Å². The van der Waals surface area contributed by atoms with Crippen molar-refractivity contribution >= 4 is 11.3 Å². The van der Waals surface area contributed by atoms with Gasteiger partial charge in [0.1, 0.15) is 10.7 Å². The van der Waals surface area contributed by atoms with Crippen LogP contribution in [0.5, 0.6) is 0 Å². The summed E-state index contributed by atoms with van der Waals surface area (Å²) in [7, 11) is 0. The summed E-state index contributed by atoms with van der Waals surface area (Å²) in [5.74, 6) is 0. The van der Waals surface area contributed by atoms with Gasteiger partial charge in [0.25, 0.3) is 0 Å². The molecule has 3 heterocycles. The van der Waals surface area contributed by atoms with E-state index >= 15 is 0 Å². The Morgan fingerprint density at radius 3 is 2.75 bits per heavy atom. The maximum atomic E-state index is 5.70. The van der Waals surface area contributed by atoms with Gasteiger partial charge in [-0.2, -0.15) is 0 Å². The molecule has 5 heteroatoms. The molecule has 0 amide bonds. The van der Waals surface area contributed by atoms with Gasteiger partial charge in [0.05, 0.1) is 5.69 Å². The van der Waals surface area contributed by atoms with Crippen LogP contribution in [0, 0.1) is 0 Å². The summed E-state index contributed by atoms with van der Waals surface area (Å²) in [6.07, 6.45) is 6.18. The van der Waals surface area contributed by atoms with Crippen molar-refractivity contribution in [2.24, 2.45) is 5.73 Å². The fourth-order valence-electron chi connectivity index (χ4n) is 1.97. The molecule has 0 spiro atoms. The molecule has 3 aromatic heterocycles. The van der Waals surface area contributed by atoms with Crippen LogP contribution < -0.4 is 5.73 Å². The summed E-state index contributed by atoms with van der Waals surface area (Å²) >= 11 is 1.66. The Labute approximate surface area is 121 Å². The fraction of sp³-hybridized carbons (Fsp3) is 0.133. The quantitative estimate of drug-likeness (QED) is 0.799. The average Bonchev–Trinajstić information content (AvgIpc) is 2.94. The highest BCUT2D eigenvalue weighted by Gasteiger charge is 2.14. The van der Waals surface area contributed by atoms with E-state index in [2.05, 4.69) is 9.97 Å². The highest BCUT2D eigenvalue weighted by atomic mass is 32.1. The van der Waals surface area contributed by atoms with Crippen molar-refractivity contribution in [3.05, 3.63) is 53.8 Å². The second-order valence-corrected chi connectivity index (χ2v) is 5.37. The summed E-state index contributed by atoms with van der Waals surface area (Å²) < 4.78 is 0. The highest BCUT2D eigenvalue weighted by molar-refractivity contribution is 7.15. The van der Waals surface area contributed by atoms with Crippen LogP contribution >= 0.6 is 11.3 Å². The summed E-state index contributed by atoms with van der Waals surface area (Å²) in [6, 6.07) is 9.78. The number of nitrogens with zero attached hydrogens (tertiary/aromatic N) is 3. The summed E-state index contributed by atoms with van der Waals surface area (Å²) in [4.78, 5) is 14.4. The number of hydrogen-bond acceptors (Lipinski definition) is 5. The molecular formula is C15H14N4S. The maximum absolute atomic E-state index is 5.70. The van der Waals surface area contributed by atoms with Gasteiger partial charge in [-0.05, 0) is 37.2 Å². The summed E-state index contributed by atoms with van der Waals surface area (Å²) in [6.45, 7) is 0.606. The first kappa shape index (κ1) is 12.9. The van der Waals surface area contributed by atoms with E-state index < -0.39 is 0 Å². The Bertz CT molecular complexity index is 680. The number of rotatable bonds is 4. The van der Waals surface area contributed by atoms with Gasteiger partial charge in [-0.3, -0.25) is 9.97 Å². The van der Waals surface area contributed by atoms with Gasteiger partial charge >= 0.3 is 0 Å². The Kier molecular flexibility index (Phi) is 3.80. The lowest BCUT2D eigenvalue weighted by Crippen LogP contribution is -2.02. The molecule has 4 nitrogen and oxygen atoms in total. The SMILES string of the molecule is NCCc1sc(-c2cccnc2)nc1-c1ccccn1. The van der Waals surface area contributed by atoms with Crippen LogP contribution in [-0.4, -0.2) is 21.5 Å². The third-order valence-electron chi connectivity index (χ3n) is 2.88. The van der Waals surface area contributed by atoms with Gasteiger partial charge < -0.3 is 5.73 Å². The topological polar surface area (TPSA) is 64.7 Å². The second kappa shape index (κ2) is 5.90. The molecule has 0 aliphatic heterocycles. The molecule has 0 atom stereocenters. The van der Waals surface area contributed by atoms with Gasteiger partial charge in [0.15, 0.2) is 0 Å². The monoisotopic (exact) mass is 282 g/mol. The van der Waals surface area contributed by atoms with Crippen molar-refractivity contribution in [2.75, 3.05) is 6.54 Å². The van der Waals surface area contributed by atoms with Crippen molar-refractivity contribution in [3.63, 3.8) is 0 Å². The molecule has 0 aromatic carbocycles. The van der Waals surface area contributed by atoms with Gasteiger partial charge in [-0.15, -0.1) is 11.3 Å². The molecule has 100 valence electrons. The molecule has 0 aliphatic carbocycles. The smallest absolute Gasteiger partial charge is 0.125 e. The van der Waals surface area contributed by atoms with Crippen molar-refractivity contribution in [1.29, 1.82) is 0 Å². The van der Waals surface area contributed by atoms with E-state index in [0.717, 1.165) is 28.4 Å². The van der Waals surface area contributed by atoms with Gasteiger partial charge in [-0.25, -0.2) is 4.98 Å². The molecule has 0 aliphatic rings. The minimum Gasteiger partial charge on any atom is -0.330 e. The Morgan fingerprint density at radius 1 is 1.10 bits per heavy atom. The van der Waals surface area contributed by atoms with E-state index in [1.165, 1.54) is 4.88 Å². The van der Waals surface area contributed by atoms with Crippen LogP contribution in [0.1, 0.15) is 4.88 Å². The molecule has 20 heavy (non-hydrogen) atoms. The molecule has 0 saturated carbocycles. The summed E-state index contributed by atoms with van der Waals surface area (Å²) in [5, 5.41) is 0.960. The average molecular weight is 282 g/mol. The molecule has 0 radical (unpaired) electrons. The van der Waals surface area contributed by atoms with Crippen LogP contribution in [0.2, 0.25) is 0 Å². The molecule has 3 rings (SSSR count). The standard InChI is InChI=1S/C15H14N4S/c16-7-6-13-14(12-5-1-2-9-18-12)19-15(20-13)11-4-3-8-17-10-11/h1-5,8-10H,6-7,16H2. The molecule has 2 N–H and O–H groups in total. The minimum atomic E-state index is 0.606. The van der Waals surface area contributed by atoms with Gasteiger partial charge in [0.2, 0.25) is 0 Å². The van der Waals surface area contributed by atoms with E-state index in [0.29, 0.717) is 6.54 Å². The zero-order valence-corrected chi connectivity index (χ0v) is 11.7. The third-order valence-corrected chi connectivity index (χ3v) is 4.05. The van der Waals surface area contributed by atoms with E-state index in [1.54, 1.807) is 23.7 Å². The zero-order chi connectivity index (χ0) is 13.8. The number of aromatic nitrogens is 3. The molecular weight excluding hydrogens is 268 g/mol. The van der Waals surface area contributed by atoms with Crippen molar-refractivity contribution in [3.8, 4) is 22.0 Å². The first-order chi connectivity index (χ1) is 9.88. The lowest BCUT2D eigenvalue weighted by atomic mass is 10.2. The van der Waals surface area contributed by atoms with E-state index in [1.807, 2.05) is 36.5 Å². The Morgan fingerprint density at radius 2 is 2.05 bits per heavy atom. The molecule has 0 fully saturated rings. The Hall–Kier alpha value is -2.11. The number of pyridine rings is 2. The molecule has 3 aromatic rings. The fourth-order valence-corrected chi connectivity index (χ4v) is 3.04. The Balaban J connectivity index is 2.08. The van der Waals surface area contributed by atoms with Crippen molar-refractivity contribution in [1.82, 2.24) is 15.0 Å².